The van der Waals surface area contributed by atoms with Crippen LogP contribution in [-0.4, -0.2) is 55.7 Å². The molecule has 0 bridgehead atoms. The molecule has 0 aliphatic heterocycles. The number of nitrogens with zero attached hydrogens (tertiary/aromatic N) is 1. The van der Waals surface area contributed by atoms with Gasteiger partial charge in [0.25, 0.3) is 0 Å². The normalized spacial score (nSPS) is 13.6. The van der Waals surface area contributed by atoms with Gasteiger partial charge in [-0.1, -0.05) is 0 Å². The Kier molecular flexibility index (Phi) is 5.05. The summed E-state index contributed by atoms with van der Waals surface area (Å²) in [4.78, 5) is 1.81. The molecule has 0 radical (unpaired) electrons. The van der Waals surface area contributed by atoms with E-state index in [9.17, 15) is 8.42 Å². The Labute approximate surface area is 86.8 Å². The summed E-state index contributed by atoms with van der Waals surface area (Å²) in [6.07, 6.45) is 0. The minimum absolute atomic E-state index is 0.0616. The zero-order valence-electron chi connectivity index (χ0n) is 9.45. The topological polar surface area (TPSA) is 57.6 Å². The van der Waals surface area contributed by atoms with E-state index in [1.165, 1.54) is 0 Å². The van der Waals surface area contributed by atoms with Crippen molar-refractivity contribution in [1.82, 2.24) is 4.90 Å². The van der Waals surface area contributed by atoms with Gasteiger partial charge in [0.05, 0.1) is 17.1 Å². The zero-order valence-corrected chi connectivity index (χ0v) is 10.3. The van der Waals surface area contributed by atoms with Crippen LogP contribution in [0.4, 0.5) is 0 Å². The van der Waals surface area contributed by atoms with Crippen molar-refractivity contribution in [3.63, 3.8) is 0 Å². The average Bonchev–Trinajstić information content (AvgIpc) is 1.99. The van der Waals surface area contributed by atoms with Gasteiger partial charge in [0.2, 0.25) is 0 Å². The quantitative estimate of drug-likeness (QED) is 0.719. The van der Waals surface area contributed by atoms with E-state index in [1.807, 2.05) is 4.90 Å². The third kappa shape index (κ3) is 4.39. The summed E-state index contributed by atoms with van der Waals surface area (Å²) in [5, 5.41) is 8.63. The lowest BCUT2D eigenvalue weighted by molar-refractivity contribution is 0.227. The molecule has 14 heavy (non-hydrogen) atoms. The van der Waals surface area contributed by atoms with Gasteiger partial charge in [-0.2, -0.15) is 0 Å². The van der Waals surface area contributed by atoms with Gasteiger partial charge in [-0.15, -0.1) is 0 Å². The lowest BCUT2D eigenvalue weighted by Gasteiger charge is -2.21. The molecule has 0 unspecified atom stereocenters. The van der Waals surface area contributed by atoms with Crippen LogP contribution in [0.3, 0.4) is 0 Å². The van der Waals surface area contributed by atoms with Crippen LogP contribution in [0.5, 0.6) is 0 Å². The molecule has 0 saturated heterocycles. The van der Waals surface area contributed by atoms with Gasteiger partial charge >= 0.3 is 0 Å². The molecule has 0 aromatic rings. The first-order chi connectivity index (χ1) is 6.20. The molecule has 0 rings (SSSR count). The van der Waals surface area contributed by atoms with Crippen LogP contribution in [0.25, 0.3) is 0 Å². The van der Waals surface area contributed by atoms with Crippen LogP contribution < -0.4 is 0 Å². The number of rotatable bonds is 5. The van der Waals surface area contributed by atoms with Gasteiger partial charge in [0.15, 0.2) is 9.84 Å². The van der Waals surface area contributed by atoms with E-state index in [0.29, 0.717) is 13.1 Å². The van der Waals surface area contributed by atoms with E-state index in [2.05, 4.69) is 0 Å². The predicted octanol–water partition coefficient (Wildman–Crippen LogP) is 0.124. The molecule has 0 fully saturated rings. The molecule has 0 spiro atoms. The number of hydrogen-bond acceptors (Lipinski definition) is 4. The second-order valence-corrected chi connectivity index (χ2v) is 7.32. The van der Waals surface area contributed by atoms with E-state index in [4.69, 9.17) is 5.11 Å². The summed E-state index contributed by atoms with van der Waals surface area (Å²) in [5.41, 5.74) is 0. The molecule has 0 aliphatic rings. The van der Waals surface area contributed by atoms with Crippen LogP contribution in [0.1, 0.15) is 20.8 Å². The Hall–Kier alpha value is -0.130. The highest BCUT2D eigenvalue weighted by Crippen LogP contribution is 2.15. The van der Waals surface area contributed by atoms with E-state index >= 15 is 0 Å². The van der Waals surface area contributed by atoms with Gasteiger partial charge in [-0.3, -0.25) is 0 Å². The molecular weight excluding hydrogens is 202 g/mol. The number of hydrogen-bond donors (Lipinski definition) is 1. The van der Waals surface area contributed by atoms with E-state index < -0.39 is 14.6 Å². The van der Waals surface area contributed by atoms with Crippen LogP contribution in [-0.2, 0) is 9.84 Å². The second-order valence-electron chi connectivity index (χ2n) is 4.46. The van der Waals surface area contributed by atoms with Gasteiger partial charge in [-0.25, -0.2) is 8.42 Å². The average molecular weight is 223 g/mol. The summed E-state index contributed by atoms with van der Waals surface area (Å²) in [5.74, 6) is 0.146. The Morgan fingerprint density at radius 1 is 1.21 bits per heavy atom. The molecule has 0 heterocycles. The van der Waals surface area contributed by atoms with Crippen LogP contribution in [0.15, 0.2) is 0 Å². The summed E-state index contributed by atoms with van der Waals surface area (Å²) in [6.45, 7) is 6.16. The fraction of sp³-hybridized carbons (Fsp3) is 1.00. The summed E-state index contributed by atoms with van der Waals surface area (Å²) < 4.78 is 22.7. The first kappa shape index (κ1) is 13.9. The molecule has 0 amide bonds. The van der Waals surface area contributed by atoms with Crippen LogP contribution >= 0.6 is 0 Å². The molecule has 0 aromatic carbocycles. The maximum absolute atomic E-state index is 11.7. The van der Waals surface area contributed by atoms with Crippen molar-refractivity contribution in [2.75, 3.05) is 32.5 Å². The molecule has 0 aliphatic carbocycles. The predicted molar refractivity (Wildman–Crippen MR) is 58.1 cm³/mol. The van der Waals surface area contributed by atoms with Gasteiger partial charge in [0, 0.05) is 13.1 Å². The fourth-order valence-electron chi connectivity index (χ4n) is 0.865. The first-order valence-corrected chi connectivity index (χ1v) is 6.37. The Balaban J connectivity index is 4.14. The molecule has 86 valence electrons. The number of aliphatic hydroxyl groups is 1. The first-order valence-electron chi connectivity index (χ1n) is 4.72. The molecule has 0 atom stereocenters. The summed E-state index contributed by atoms with van der Waals surface area (Å²) in [6, 6.07) is 0. The highest BCUT2D eigenvalue weighted by Gasteiger charge is 2.28. The second kappa shape index (κ2) is 5.09. The van der Waals surface area contributed by atoms with E-state index in [1.54, 1.807) is 27.8 Å². The lowest BCUT2D eigenvalue weighted by Crippen LogP contribution is -2.36. The third-order valence-corrected chi connectivity index (χ3v) is 4.74. The number of likely N-dealkylation sites (N-methyl/N-ethyl adjacent to an activating group) is 1. The molecular formula is C9H21NO3S. The Morgan fingerprint density at radius 3 is 2.07 bits per heavy atom. The molecule has 1 N–H and O–H groups in total. The van der Waals surface area contributed by atoms with Gasteiger partial charge in [0.1, 0.15) is 0 Å². The minimum Gasteiger partial charge on any atom is -0.395 e. The van der Waals surface area contributed by atoms with Crippen molar-refractivity contribution in [2.24, 2.45) is 0 Å². The third-order valence-electron chi connectivity index (χ3n) is 2.16. The SMILES string of the molecule is CN(CCO)CCS(=O)(=O)C(C)(C)C. The van der Waals surface area contributed by atoms with Crippen molar-refractivity contribution in [3.8, 4) is 0 Å². The van der Waals surface area contributed by atoms with Crippen LogP contribution in [0, 0.1) is 0 Å². The summed E-state index contributed by atoms with van der Waals surface area (Å²) in [7, 11) is -1.23. The highest BCUT2D eigenvalue weighted by atomic mass is 32.2. The maximum atomic E-state index is 11.7. The van der Waals surface area contributed by atoms with E-state index in [0.717, 1.165) is 0 Å². The maximum Gasteiger partial charge on any atom is 0.156 e. The molecule has 5 heteroatoms. The number of sulfone groups is 1. The zero-order chi connectivity index (χ0) is 11.4. The molecule has 4 nitrogen and oxygen atoms in total. The smallest absolute Gasteiger partial charge is 0.156 e. The monoisotopic (exact) mass is 223 g/mol. The van der Waals surface area contributed by atoms with Crippen molar-refractivity contribution in [1.29, 1.82) is 0 Å². The Morgan fingerprint density at radius 2 is 1.71 bits per heavy atom. The minimum atomic E-state index is -3.03. The fourth-order valence-corrected chi connectivity index (χ4v) is 2.03. The molecule has 0 aromatic heterocycles. The van der Waals surface area contributed by atoms with Crippen molar-refractivity contribution >= 4 is 9.84 Å². The largest absolute Gasteiger partial charge is 0.395 e. The Bertz CT molecular complexity index is 254. The molecule has 0 saturated carbocycles. The van der Waals surface area contributed by atoms with Gasteiger partial charge in [-0.05, 0) is 27.8 Å². The lowest BCUT2D eigenvalue weighted by atomic mass is 10.3. The summed E-state index contributed by atoms with van der Waals surface area (Å²) >= 11 is 0. The number of aliphatic hydroxyl groups excluding tert-OH is 1. The highest BCUT2D eigenvalue weighted by molar-refractivity contribution is 7.92. The van der Waals surface area contributed by atoms with Crippen LogP contribution in [0.2, 0.25) is 0 Å². The van der Waals surface area contributed by atoms with Gasteiger partial charge < -0.3 is 10.0 Å². The standard InChI is InChI=1S/C9H21NO3S/c1-9(2,3)14(12,13)8-6-10(4)5-7-11/h11H,5-8H2,1-4H3. The van der Waals surface area contributed by atoms with Crippen molar-refractivity contribution in [2.45, 2.75) is 25.5 Å². The van der Waals surface area contributed by atoms with E-state index in [-0.39, 0.29) is 12.4 Å². The van der Waals surface area contributed by atoms with Crippen molar-refractivity contribution < 1.29 is 13.5 Å². The van der Waals surface area contributed by atoms with Crippen molar-refractivity contribution in [3.05, 3.63) is 0 Å².